The Bertz CT molecular complexity index is 794. The van der Waals surface area contributed by atoms with Gasteiger partial charge < -0.3 is 9.88 Å². The number of aromatic nitrogens is 1. The number of fused-ring (bicyclic) bond motifs is 1. The third-order valence-corrected chi connectivity index (χ3v) is 5.08. The number of carbonyl (C=O) groups is 1. The Morgan fingerprint density at radius 2 is 2.00 bits per heavy atom. The number of hydrogen-bond acceptors (Lipinski definition) is 2. The molecule has 5 nitrogen and oxygen atoms in total. The molecular formula is C19H21N3O2. The number of H-pyrrole nitrogens is 1. The number of urea groups is 1. The molecule has 1 aromatic heterocycles. The van der Waals surface area contributed by atoms with Crippen molar-refractivity contribution in [3.8, 4) is 0 Å². The molecule has 3 heterocycles. The zero-order chi connectivity index (χ0) is 16.5. The molecule has 124 valence electrons. The second-order valence-corrected chi connectivity index (χ2v) is 6.58. The topological polar surface area (TPSA) is 56.4 Å². The van der Waals surface area contributed by atoms with Crippen molar-refractivity contribution in [2.45, 2.75) is 25.2 Å². The van der Waals surface area contributed by atoms with Gasteiger partial charge in [-0.1, -0.05) is 24.3 Å². The molecule has 0 radical (unpaired) electrons. The Morgan fingerprint density at radius 3 is 2.83 bits per heavy atom. The number of para-hydroxylation sites is 1. The minimum atomic E-state index is -0.0883. The molecule has 2 aliphatic heterocycles. The number of aromatic amines is 1. The smallest absolute Gasteiger partial charge is 0.324 e. The first kappa shape index (κ1) is 15.0. The molecular weight excluding hydrogens is 302 g/mol. The van der Waals surface area contributed by atoms with Crippen molar-refractivity contribution >= 4 is 11.7 Å². The van der Waals surface area contributed by atoms with E-state index in [9.17, 15) is 9.59 Å². The predicted octanol–water partition coefficient (Wildman–Crippen LogP) is 2.74. The number of aryl methyl sites for hydroxylation is 1. The van der Waals surface area contributed by atoms with Gasteiger partial charge >= 0.3 is 6.03 Å². The summed E-state index contributed by atoms with van der Waals surface area (Å²) in [5, 5.41) is 0. The Hall–Kier alpha value is -2.56. The van der Waals surface area contributed by atoms with Crippen molar-refractivity contribution in [2.24, 2.45) is 0 Å². The molecule has 0 spiro atoms. The number of nitrogens with one attached hydrogen (secondary N) is 1. The predicted molar refractivity (Wildman–Crippen MR) is 93.5 cm³/mol. The monoisotopic (exact) mass is 323 g/mol. The maximum Gasteiger partial charge on any atom is 0.324 e. The summed E-state index contributed by atoms with van der Waals surface area (Å²) in [6.45, 7) is 2.26. The minimum Gasteiger partial charge on any atom is -0.329 e. The number of likely N-dealkylation sites (tertiary alicyclic amines) is 1. The fourth-order valence-electron chi connectivity index (χ4n) is 3.79. The van der Waals surface area contributed by atoms with E-state index in [0.717, 1.165) is 43.6 Å². The molecule has 2 aromatic rings. The number of carbonyl (C=O) groups excluding carboxylic acids is 1. The number of hydrogen-bond donors (Lipinski definition) is 1. The molecule has 1 aromatic carbocycles. The fraction of sp³-hybridized carbons (Fsp3) is 0.368. The molecule has 1 atom stereocenters. The van der Waals surface area contributed by atoms with E-state index in [1.807, 2.05) is 34.1 Å². The molecule has 2 amide bonds. The highest BCUT2D eigenvalue weighted by Gasteiger charge is 2.32. The van der Waals surface area contributed by atoms with Crippen molar-refractivity contribution in [1.82, 2.24) is 9.88 Å². The average molecular weight is 323 g/mol. The molecule has 1 unspecified atom stereocenters. The summed E-state index contributed by atoms with van der Waals surface area (Å²) in [7, 11) is 0. The Balaban J connectivity index is 1.50. The van der Waals surface area contributed by atoms with Gasteiger partial charge in [0.25, 0.3) is 0 Å². The lowest BCUT2D eigenvalue weighted by atomic mass is 10.0. The standard InChI is InChI=1S/C19H21N3O2/c23-18-8-7-15(12-20-18)16-9-11-21(13-16)19(24)22-10-3-5-14-4-1-2-6-17(14)22/h1-2,4,6-8,12,16H,3,5,9-11,13H2,(H,20,23). The van der Waals surface area contributed by atoms with Crippen LogP contribution in [-0.2, 0) is 6.42 Å². The quantitative estimate of drug-likeness (QED) is 0.877. The number of rotatable bonds is 1. The summed E-state index contributed by atoms with van der Waals surface area (Å²) in [6.07, 6.45) is 4.77. The SMILES string of the molecule is O=C(N1CCC(c2ccc(=O)[nH]c2)C1)N1CCCc2ccccc21. The van der Waals surface area contributed by atoms with Gasteiger partial charge in [0.1, 0.15) is 0 Å². The van der Waals surface area contributed by atoms with Crippen molar-refractivity contribution < 1.29 is 4.79 Å². The lowest BCUT2D eigenvalue weighted by Crippen LogP contribution is -2.44. The van der Waals surface area contributed by atoms with Gasteiger partial charge in [0.2, 0.25) is 5.56 Å². The van der Waals surface area contributed by atoms with E-state index in [0.29, 0.717) is 12.5 Å². The normalized spacial score (nSPS) is 20.1. The number of nitrogens with zero attached hydrogens (tertiary/aromatic N) is 2. The van der Waals surface area contributed by atoms with E-state index in [4.69, 9.17) is 0 Å². The van der Waals surface area contributed by atoms with Gasteiger partial charge in [-0.3, -0.25) is 9.69 Å². The maximum absolute atomic E-state index is 13.0. The Labute approximate surface area is 140 Å². The molecule has 0 bridgehead atoms. The summed E-state index contributed by atoms with van der Waals surface area (Å²) < 4.78 is 0. The molecule has 1 N–H and O–H groups in total. The highest BCUT2D eigenvalue weighted by atomic mass is 16.2. The van der Waals surface area contributed by atoms with Crippen LogP contribution in [0.25, 0.3) is 0 Å². The maximum atomic E-state index is 13.0. The largest absolute Gasteiger partial charge is 0.329 e. The van der Waals surface area contributed by atoms with E-state index in [1.165, 1.54) is 5.56 Å². The van der Waals surface area contributed by atoms with E-state index < -0.39 is 0 Å². The molecule has 5 heteroatoms. The van der Waals surface area contributed by atoms with Crippen LogP contribution < -0.4 is 10.5 Å². The van der Waals surface area contributed by atoms with Crippen LogP contribution in [-0.4, -0.2) is 35.5 Å². The van der Waals surface area contributed by atoms with E-state index in [1.54, 1.807) is 12.3 Å². The van der Waals surface area contributed by atoms with Gasteiger partial charge in [0.15, 0.2) is 0 Å². The van der Waals surface area contributed by atoms with Crippen LogP contribution in [0.2, 0.25) is 0 Å². The first-order valence-corrected chi connectivity index (χ1v) is 8.55. The van der Waals surface area contributed by atoms with E-state index >= 15 is 0 Å². The molecule has 24 heavy (non-hydrogen) atoms. The van der Waals surface area contributed by atoms with E-state index in [-0.39, 0.29) is 11.6 Å². The third kappa shape index (κ3) is 2.70. The summed E-state index contributed by atoms with van der Waals surface area (Å²) in [5.41, 5.74) is 3.33. The molecule has 2 aliphatic rings. The highest BCUT2D eigenvalue weighted by Crippen LogP contribution is 2.31. The van der Waals surface area contributed by atoms with Crippen LogP contribution in [0.3, 0.4) is 0 Å². The molecule has 0 aliphatic carbocycles. The second-order valence-electron chi connectivity index (χ2n) is 6.58. The van der Waals surface area contributed by atoms with Crippen LogP contribution in [0.5, 0.6) is 0 Å². The first-order valence-electron chi connectivity index (χ1n) is 8.55. The summed E-state index contributed by atoms with van der Waals surface area (Å²) in [6, 6.07) is 11.7. The zero-order valence-corrected chi connectivity index (χ0v) is 13.6. The van der Waals surface area contributed by atoms with Crippen molar-refractivity contribution in [1.29, 1.82) is 0 Å². The second kappa shape index (κ2) is 6.15. The van der Waals surface area contributed by atoms with Gasteiger partial charge in [-0.05, 0) is 36.5 Å². The third-order valence-electron chi connectivity index (χ3n) is 5.08. The van der Waals surface area contributed by atoms with Crippen molar-refractivity contribution in [3.63, 3.8) is 0 Å². The highest BCUT2D eigenvalue weighted by molar-refractivity contribution is 5.93. The van der Waals surface area contributed by atoms with Crippen LogP contribution in [0.15, 0.2) is 47.4 Å². The van der Waals surface area contributed by atoms with Crippen LogP contribution in [0, 0.1) is 0 Å². The molecule has 1 saturated heterocycles. The Kier molecular flexibility index (Phi) is 3.84. The first-order chi connectivity index (χ1) is 11.7. The van der Waals surface area contributed by atoms with Gasteiger partial charge in [0.05, 0.1) is 0 Å². The van der Waals surface area contributed by atoms with Crippen LogP contribution in [0.1, 0.15) is 29.9 Å². The van der Waals surface area contributed by atoms with Gasteiger partial charge in [-0.15, -0.1) is 0 Å². The minimum absolute atomic E-state index is 0.0883. The lowest BCUT2D eigenvalue weighted by Gasteiger charge is -2.32. The van der Waals surface area contributed by atoms with Gasteiger partial charge in [-0.2, -0.15) is 0 Å². The summed E-state index contributed by atoms with van der Waals surface area (Å²) >= 11 is 0. The molecule has 0 saturated carbocycles. The number of anilines is 1. The molecule has 1 fully saturated rings. The van der Waals surface area contributed by atoms with E-state index in [2.05, 4.69) is 11.1 Å². The number of benzene rings is 1. The Morgan fingerprint density at radius 1 is 1.12 bits per heavy atom. The van der Waals surface area contributed by atoms with Crippen LogP contribution in [0.4, 0.5) is 10.5 Å². The van der Waals surface area contributed by atoms with Gasteiger partial charge in [-0.25, -0.2) is 4.79 Å². The zero-order valence-electron chi connectivity index (χ0n) is 13.6. The van der Waals surface area contributed by atoms with Crippen LogP contribution >= 0.6 is 0 Å². The lowest BCUT2D eigenvalue weighted by molar-refractivity contribution is 0.214. The average Bonchev–Trinajstić information content (AvgIpc) is 3.11. The number of pyridine rings is 1. The van der Waals surface area contributed by atoms with Gasteiger partial charge in [0, 0.05) is 43.5 Å². The van der Waals surface area contributed by atoms with Crippen molar-refractivity contribution in [3.05, 3.63) is 64.1 Å². The van der Waals surface area contributed by atoms with Crippen molar-refractivity contribution in [2.75, 3.05) is 24.5 Å². The fourth-order valence-corrected chi connectivity index (χ4v) is 3.79. The molecule has 4 rings (SSSR count). The number of amides is 2. The summed E-state index contributed by atoms with van der Waals surface area (Å²) in [5.74, 6) is 0.297. The summed E-state index contributed by atoms with van der Waals surface area (Å²) in [4.78, 5) is 30.8.